The van der Waals surface area contributed by atoms with Crippen LogP contribution in [0.1, 0.15) is 65.5 Å². The fourth-order valence-electron chi connectivity index (χ4n) is 4.19. The van der Waals surface area contributed by atoms with E-state index in [-0.39, 0.29) is 29.2 Å². The molecule has 1 heterocycles. The van der Waals surface area contributed by atoms with E-state index in [1.165, 1.54) is 0 Å². The van der Waals surface area contributed by atoms with Gasteiger partial charge in [0.2, 0.25) is 0 Å². The van der Waals surface area contributed by atoms with Crippen molar-refractivity contribution in [1.29, 1.82) is 0 Å². The summed E-state index contributed by atoms with van der Waals surface area (Å²) >= 11 is 13.6. The molecule has 0 spiro atoms. The lowest BCUT2D eigenvalue weighted by atomic mass is 9.98. The van der Waals surface area contributed by atoms with Crippen molar-refractivity contribution < 1.29 is 24.2 Å². The third kappa shape index (κ3) is 10.5. The van der Waals surface area contributed by atoms with Gasteiger partial charge in [-0.3, -0.25) is 9.59 Å². The van der Waals surface area contributed by atoms with E-state index >= 15 is 0 Å². The first kappa shape index (κ1) is 33.3. The predicted octanol–water partition coefficient (Wildman–Crippen LogP) is 7.77. The summed E-state index contributed by atoms with van der Waals surface area (Å²) in [7, 11) is 1.60. The van der Waals surface area contributed by atoms with Gasteiger partial charge >= 0.3 is 5.97 Å². The number of methoxy groups -OCH3 is 1. The monoisotopic (exact) mass is 597 g/mol. The number of benzene rings is 2. The van der Waals surface area contributed by atoms with Crippen LogP contribution in [0.15, 0.2) is 48.5 Å². The number of carbonyl (C=O) groups excluding carboxylic acids is 1. The highest BCUT2D eigenvalue weighted by Crippen LogP contribution is 2.43. The van der Waals surface area contributed by atoms with Gasteiger partial charge in [-0.1, -0.05) is 82.1 Å². The van der Waals surface area contributed by atoms with Crippen LogP contribution in [0.5, 0.6) is 5.75 Å². The van der Waals surface area contributed by atoms with E-state index in [0.29, 0.717) is 22.6 Å². The molecular formula is C30H41Cl2NO5S. The number of rotatable bonds is 8. The van der Waals surface area contributed by atoms with E-state index in [4.69, 9.17) is 32.7 Å². The number of para-hydroxylation sites is 1. The zero-order chi connectivity index (χ0) is 29.2. The summed E-state index contributed by atoms with van der Waals surface area (Å²) in [5.41, 5.74) is 0.970. The Bertz CT molecular complexity index is 1060. The van der Waals surface area contributed by atoms with E-state index in [0.717, 1.165) is 29.9 Å². The van der Waals surface area contributed by atoms with Gasteiger partial charge in [0.15, 0.2) is 0 Å². The van der Waals surface area contributed by atoms with Crippen LogP contribution in [-0.2, 0) is 14.3 Å². The van der Waals surface area contributed by atoms with Gasteiger partial charge in [-0.2, -0.15) is 11.8 Å². The first-order valence-corrected chi connectivity index (χ1v) is 15.1. The molecule has 6 nitrogen and oxygen atoms in total. The van der Waals surface area contributed by atoms with Crippen LogP contribution in [0, 0.1) is 5.92 Å². The molecule has 1 saturated carbocycles. The van der Waals surface area contributed by atoms with Crippen molar-refractivity contribution in [3.63, 3.8) is 0 Å². The van der Waals surface area contributed by atoms with E-state index < -0.39 is 12.1 Å². The van der Waals surface area contributed by atoms with E-state index in [2.05, 4.69) is 20.8 Å². The van der Waals surface area contributed by atoms with Gasteiger partial charge in [-0.05, 0) is 48.6 Å². The summed E-state index contributed by atoms with van der Waals surface area (Å²) in [6.45, 7) is 10.8. The number of hydrogen-bond acceptors (Lipinski definition) is 5. The number of carbonyl (C=O) groups is 2. The molecule has 1 aliphatic heterocycles. The molecule has 2 fully saturated rings. The Labute approximate surface area is 247 Å². The Morgan fingerprint density at radius 2 is 1.74 bits per heavy atom. The van der Waals surface area contributed by atoms with Crippen molar-refractivity contribution in [3.8, 4) is 5.75 Å². The van der Waals surface area contributed by atoms with Gasteiger partial charge in [0.1, 0.15) is 11.9 Å². The molecule has 1 saturated heterocycles. The van der Waals surface area contributed by atoms with E-state index in [1.807, 2.05) is 73.0 Å². The maximum absolute atomic E-state index is 13.3. The summed E-state index contributed by atoms with van der Waals surface area (Å²) in [6.07, 6.45) is 1.00. The van der Waals surface area contributed by atoms with Gasteiger partial charge < -0.3 is 19.5 Å². The van der Waals surface area contributed by atoms with E-state index in [1.54, 1.807) is 13.2 Å². The third-order valence-corrected chi connectivity index (χ3v) is 8.14. The third-order valence-electron chi connectivity index (χ3n) is 6.20. The number of carboxylic acids is 1. The first-order valence-electron chi connectivity index (χ1n) is 13.3. The topological polar surface area (TPSA) is 76.1 Å². The number of hydrogen-bond donors (Lipinski definition) is 1. The van der Waals surface area contributed by atoms with Crippen LogP contribution in [-0.4, -0.2) is 58.2 Å². The number of morpholine rings is 1. The fraction of sp³-hybridized carbons (Fsp3) is 0.533. The molecule has 0 radical (unpaired) electrons. The highest BCUT2D eigenvalue weighted by Gasteiger charge is 2.46. The second kappa shape index (κ2) is 15.8. The number of thioether (sulfide) groups is 1. The molecule has 1 aliphatic carbocycles. The molecule has 0 aromatic heterocycles. The van der Waals surface area contributed by atoms with Crippen molar-refractivity contribution >= 4 is 46.8 Å². The first-order chi connectivity index (χ1) is 18.5. The summed E-state index contributed by atoms with van der Waals surface area (Å²) in [4.78, 5) is 26.5. The minimum absolute atomic E-state index is 0.0811. The van der Waals surface area contributed by atoms with E-state index in [9.17, 15) is 14.7 Å². The minimum atomic E-state index is -1.02. The van der Waals surface area contributed by atoms with Crippen LogP contribution >= 0.6 is 35.0 Å². The maximum atomic E-state index is 13.3. The molecule has 2 aromatic carbocycles. The molecular weight excluding hydrogens is 557 g/mol. The predicted molar refractivity (Wildman–Crippen MR) is 161 cm³/mol. The Morgan fingerprint density at radius 3 is 2.23 bits per heavy atom. The van der Waals surface area contributed by atoms with Crippen LogP contribution in [0.4, 0.5) is 0 Å². The average Bonchev–Trinajstić information content (AvgIpc) is 3.73. The molecule has 216 valence electrons. The molecule has 2 aliphatic rings. The standard InChI is InChI=1S/C21H28ClNO4S.C7H7ClO.C2H6/c1-21(2,3)28-12-17(14-4-5-14)23-16(13-6-8-15(22)9-7-13)11-27-18(20(23)26)10-19(24)25;1-9-7-5-3-2-4-6(7)8;1-2/h6-9,14,16-18H,4-5,10-12H2,1-3H3,(H,24,25);2-5H,1H3;1-2H3. The van der Waals surface area contributed by atoms with Crippen molar-refractivity contribution in [2.75, 3.05) is 19.5 Å². The lowest BCUT2D eigenvalue weighted by Gasteiger charge is -2.44. The average molecular weight is 599 g/mol. The molecule has 0 bridgehead atoms. The van der Waals surface area contributed by atoms with Crippen LogP contribution in [0.2, 0.25) is 10.0 Å². The largest absolute Gasteiger partial charge is 0.495 e. The molecule has 1 amide bonds. The summed E-state index contributed by atoms with van der Waals surface area (Å²) < 4.78 is 10.7. The number of amides is 1. The molecule has 1 N–H and O–H groups in total. The van der Waals surface area contributed by atoms with Gasteiger partial charge in [0.25, 0.3) is 5.91 Å². The molecule has 3 atom stereocenters. The summed E-state index contributed by atoms with van der Waals surface area (Å²) in [5, 5.41) is 10.5. The SMILES string of the molecule is CC.CC(C)(C)SCC(C1CC1)N1C(=O)C(CC(=O)O)OCC1c1ccc(Cl)cc1.COc1ccccc1Cl. The van der Waals surface area contributed by atoms with Gasteiger partial charge in [-0.15, -0.1) is 0 Å². The number of ether oxygens (including phenoxy) is 2. The quantitative estimate of drug-likeness (QED) is 0.335. The van der Waals surface area contributed by atoms with Gasteiger partial charge in [0, 0.05) is 21.6 Å². The zero-order valence-electron chi connectivity index (χ0n) is 23.7. The van der Waals surface area contributed by atoms with Crippen molar-refractivity contribution in [2.45, 2.75) is 76.8 Å². The Kier molecular flexibility index (Phi) is 13.4. The highest BCUT2D eigenvalue weighted by atomic mass is 35.5. The number of aliphatic carboxylic acids is 1. The number of carboxylic acid groups (broad SMARTS) is 1. The van der Waals surface area contributed by atoms with Crippen molar-refractivity contribution in [2.24, 2.45) is 5.92 Å². The smallest absolute Gasteiger partial charge is 0.306 e. The lowest BCUT2D eigenvalue weighted by Crippen LogP contribution is -2.55. The van der Waals surface area contributed by atoms with Crippen LogP contribution < -0.4 is 4.74 Å². The molecule has 9 heteroatoms. The molecule has 39 heavy (non-hydrogen) atoms. The van der Waals surface area contributed by atoms with Gasteiger partial charge in [-0.25, -0.2) is 0 Å². The van der Waals surface area contributed by atoms with Crippen LogP contribution in [0.25, 0.3) is 0 Å². The van der Waals surface area contributed by atoms with Crippen molar-refractivity contribution in [1.82, 2.24) is 4.90 Å². The normalized spacial score (nSPS) is 19.7. The number of halogens is 2. The highest BCUT2D eigenvalue weighted by molar-refractivity contribution is 8.00. The summed E-state index contributed by atoms with van der Waals surface area (Å²) in [5.74, 6) is 0.802. The Balaban J connectivity index is 0.000000407. The van der Waals surface area contributed by atoms with Crippen molar-refractivity contribution in [3.05, 3.63) is 64.1 Å². The molecule has 3 unspecified atom stereocenters. The summed E-state index contributed by atoms with van der Waals surface area (Å²) in [6, 6.07) is 14.7. The fourth-order valence-corrected chi connectivity index (χ4v) is 5.63. The number of nitrogens with zero attached hydrogens (tertiary/aromatic N) is 1. The molecule has 2 aromatic rings. The second-order valence-electron chi connectivity index (χ2n) is 10.2. The lowest BCUT2D eigenvalue weighted by molar-refractivity contribution is -0.169. The minimum Gasteiger partial charge on any atom is -0.495 e. The second-order valence-corrected chi connectivity index (χ2v) is 12.9. The Morgan fingerprint density at radius 1 is 1.13 bits per heavy atom. The van der Waals surface area contributed by atoms with Crippen LogP contribution in [0.3, 0.4) is 0 Å². The molecule has 4 rings (SSSR count). The van der Waals surface area contributed by atoms with Gasteiger partial charge in [0.05, 0.1) is 31.2 Å². The Hall–Kier alpha value is -1.93. The zero-order valence-corrected chi connectivity index (χ0v) is 26.0. The maximum Gasteiger partial charge on any atom is 0.306 e.